The summed E-state index contributed by atoms with van der Waals surface area (Å²) in [6, 6.07) is 0.714. The van der Waals surface area contributed by atoms with Crippen LogP contribution < -0.4 is 5.32 Å². The van der Waals surface area contributed by atoms with Crippen LogP contribution in [0.5, 0.6) is 0 Å². The molecule has 84 valence electrons. The molecule has 1 rings (SSSR count). The van der Waals surface area contributed by atoms with Crippen LogP contribution in [0.1, 0.15) is 52.4 Å². The summed E-state index contributed by atoms with van der Waals surface area (Å²) in [5.41, 5.74) is 0. The number of alkyl halides is 1. The molecule has 2 unspecified atom stereocenters. The Kier molecular flexibility index (Phi) is 5.88. The van der Waals surface area contributed by atoms with Crippen LogP contribution in [0.25, 0.3) is 0 Å². The fourth-order valence-corrected chi connectivity index (χ4v) is 2.73. The van der Waals surface area contributed by atoms with E-state index in [1.165, 1.54) is 45.1 Å². The minimum atomic E-state index is 0.442. The first-order valence-electron chi connectivity index (χ1n) is 6.13. The van der Waals surface area contributed by atoms with Crippen molar-refractivity contribution in [2.45, 2.75) is 63.8 Å². The van der Waals surface area contributed by atoms with E-state index in [-0.39, 0.29) is 0 Å². The Balaban J connectivity index is 2.16. The fourth-order valence-electron chi connectivity index (χ4n) is 2.32. The first kappa shape index (κ1) is 12.3. The van der Waals surface area contributed by atoms with E-state index in [0.717, 1.165) is 5.92 Å². The highest BCUT2D eigenvalue weighted by Crippen LogP contribution is 2.27. The third-order valence-corrected chi connectivity index (χ3v) is 3.80. The molecule has 0 heterocycles. The Hall–Kier alpha value is 0.250. The largest absolute Gasteiger partial charge is 0.314 e. The molecule has 1 fully saturated rings. The van der Waals surface area contributed by atoms with Gasteiger partial charge >= 0.3 is 0 Å². The molecule has 0 amide bonds. The van der Waals surface area contributed by atoms with Gasteiger partial charge in [0, 0.05) is 11.4 Å². The van der Waals surface area contributed by atoms with Crippen molar-refractivity contribution in [3.63, 3.8) is 0 Å². The molecule has 0 aromatic heterocycles. The van der Waals surface area contributed by atoms with Crippen molar-refractivity contribution in [1.82, 2.24) is 5.32 Å². The lowest BCUT2D eigenvalue weighted by Crippen LogP contribution is -2.34. The molecule has 0 aromatic rings. The third-order valence-electron chi connectivity index (χ3n) is 3.40. The third kappa shape index (κ3) is 4.18. The van der Waals surface area contributed by atoms with Gasteiger partial charge in [0.25, 0.3) is 0 Å². The molecular formula is C12H24ClN. The summed E-state index contributed by atoms with van der Waals surface area (Å²) in [6.07, 6.45) is 7.62. The van der Waals surface area contributed by atoms with E-state index in [2.05, 4.69) is 19.2 Å². The molecule has 2 heteroatoms. The number of hydrogen-bond acceptors (Lipinski definition) is 1. The van der Waals surface area contributed by atoms with Gasteiger partial charge in [-0.05, 0) is 44.6 Å². The SMILES string of the molecule is CCC(CC)NCC1CCCC(Cl)C1. The molecule has 1 aliphatic rings. The maximum atomic E-state index is 6.17. The van der Waals surface area contributed by atoms with Crippen LogP contribution in [-0.4, -0.2) is 18.0 Å². The molecule has 1 nitrogen and oxygen atoms in total. The Bertz CT molecular complexity index is 145. The Morgan fingerprint density at radius 3 is 2.57 bits per heavy atom. The van der Waals surface area contributed by atoms with Crippen molar-refractivity contribution in [2.24, 2.45) is 5.92 Å². The highest BCUT2D eigenvalue weighted by molar-refractivity contribution is 6.20. The van der Waals surface area contributed by atoms with Crippen LogP contribution in [0.15, 0.2) is 0 Å². The Morgan fingerprint density at radius 1 is 1.29 bits per heavy atom. The average Bonchev–Trinajstić information content (AvgIpc) is 2.19. The standard InChI is InChI=1S/C12H24ClN/c1-3-12(4-2)14-9-10-6-5-7-11(13)8-10/h10-12,14H,3-9H2,1-2H3. The topological polar surface area (TPSA) is 12.0 Å². The molecule has 0 aromatic carbocycles. The summed E-state index contributed by atoms with van der Waals surface area (Å²) < 4.78 is 0. The van der Waals surface area contributed by atoms with Crippen molar-refractivity contribution in [2.75, 3.05) is 6.54 Å². The number of nitrogens with one attached hydrogen (secondary N) is 1. The minimum Gasteiger partial charge on any atom is -0.314 e. The van der Waals surface area contributed by atoms with Gasteiger partial charge < -0.3 is 5.32 Å². The summed E-state index contributed by atoms with van der Waals surface area (Å²) in [7, 11) is 0. The van der Waals surface area contributed by atoms with Gasteiger partial charge in [0.15, 0.2) is 0 Å². The zero-order valence-corrected chi connectivity index (χ0v) is 10.3. The fraction of sp³-hybridized carbons (Fsp3) is 1.00. The molecule has 1 aliphatic carbocycles. The molecule has 0 aliphatic heterocycles. The maximum Gasteiger partial charge on any atom is 0.0339 e. The van der Waals surface area contributed by atoms with Crippen LogP contribution in [0.4, 0.5) is 0 Å². The molecular weight excluding hydrogens is 194 g/mol. The van der Waals surface area contributed by atoms with Gasteiger partial charge in [0.05, 0.1) is 0 Å². The number of hydrogen-bond donors (Lipinski definition) is 1. The normalized spacial score (nSPS) is 28.3. The van der Waals surface area contributed by atoms with Gasteiger partial charge in [-0.2, -0.15) is 0 Å². The van der Waals surface area contributed by atoms with E-state index in [9.17, 15) is 0 Å². The van der Waals surface area contributed by atoms with Gasteiger partial charge in [0.1, 0.15) is 0 Å². The molecule has 1 N–H and O–H groups in total. The summed E-state index contributed by atoms with van der Waals surface area (Å²) in [6.45, 7) is 5.69. The van der Waals surface area contributed by atoms with Crippen molar-refractivity contribution in [3.8, 4) is 0 Å². The summed E-state index contributed by atoms with van der Waals surface area (Å²) in [4.78, 5) is 0. The van der Waals surface area contributed by atoms with E-state index in [1.807, 2.05) is 0 Å². The summed E-state index contributed by atoms with van der Waals surface area (Å²) in [5, 5.41) is 4.09. The zero-order valence-electron chi connectivity index (χ0n) is 9.56. The Labute approximate surface area is 93.6 Å². The lowest BCUT2D eigenvalue weighted by molar-refractivity contribution is 0.326. The molecule has 0 saturated heterocycles. The molecule has 0 bridgehead atoms. The van der Waals surface area contributed by atoms with Gasteiger partial charge in [0.2, 0.25) is 0 Å². The maximum absolute atomic E-state index is 6.17. The lowest BCUT2D eigenvalue weighted by Gasteiger charge is -2.27. The molecule has 2 atom stereocenters. The first-order valence-corrected chi connectivity index (χ1v) is 6.57. The highest BCUT2D eigenvalue weighted by atomic mass is 35.5. The zero-order chi connectivity index (χ0) is 10.4. The Morgan fingerprint density at radius 2 is 2.00 bits per heavy atom. The van der Waals surface area contributed by atoms with Crippen molar-refractivity contribution < 1.29 is 0 Å². The first-order chi connectivity index (χ1) is 6.76. The van der Waals surface area contributed by atoms with Crippen LogP contribution in [0.3, 0.4) is 0 Å². The second-order valence-corrected chi connectivity index (χ2v) is 5.17. The van der Waals surface area contributed by atoms with Crippen LogP contribution in [-0.2, 0) is 0 Å². The number of rotatable bonds is 5. The molecule has 0 spiro atoms. The van der Waals surface area contributed by atoms with Gasteiger partial charge in [-0.15, -0.1) is 11.6 Å². The predicted molar refractivity (Wildman–Crippen MR) is 64.0 cm³/mol. The predicted octanol–water partition coefficient (Wildman–Crippen LogP) is 3.56. The van der Waals surface area contributed by atoms with Crippen molar-refractivity contribution in [3.05, 3.63) is 0 Å². The average molecular weight is 218 g/mol. The van der Waals surface area contributed by atoms with E-state index >= 15 is 0 Å². The van der Waals surface area contributed by atoms with Crippen LogP contribution >= 0.6 is 11.6 Å². The highest BCUT2D eigenvalue weighted by Gasteiger charge is 2.20. The van der Waals surface area contributed by atoms with Crippen LogP contribution in [0, 0.1) is 5.92 Å². The number of halogens is 1. The van der Waals surface area contributed by atoms with Crippen molar-refractivity contribution >= 4 is 11.6 Å². The molecule has 14 heavy (non-hydrogen) atoms. The van der Waals surface area contributed by atoms with Gasteiger partial charge in [-0.25, -0.2) is 0 Å². The van der Waals surface area contributed by atoms with Crippen molar-refractivity contribution in [1.29, 1.82) is 0 Å². The van der Waals surface area contributed by atoms with Gasteiger partial charge in [-0.3, -0.25) is 0 Å². The minimum absolute atomic E-state index is 0.442. The summed E-state index contributed by atoms with van der Waals surface area (Å²) in [5.74, 6) is 0.826. The van der Waals surface area contributed by atoms with E-state index in [0.29, 0.717) is 11.4 Å². The molecule has 1 saturated carbocycles. The smallest absolute Gasteiger partial charge is 0.0339 e. The molecule has 0 radical (unpaired) electrons. The van der Waals surface area contributed by atoms with Crippen LogP contribution in [0.2, 0.25) is 0 Å². The monoisotopic (exact) mass is 217 g/mol. The second-order valence-electron chi connectivity index (χ2n) is 4.55. The lowest BCUT2D eigenvalue weighted by atomic mass is 9.88. The second kappa shape index (κ2) is 6.68. The van der Waals surface area contributed by atoms with E-state index < -0.39 is 0 Å². The van der Waals surface area contributed by atoms with E-state index in [1.54, 1.807) is 0 Å². The van der Waals surface area contributed by atoms with Gasteiger partial charge in [-0.1, -0.05) is 20.3 Å². The van der Waals surface area contributed by atoms with E-state index in [4.69, 9.17) is 11.6 Å². The summed E-state index contributed by atoms with van der Waals surface area (Å²) >= 11 is 6.17. The quantitative estimate of drug-likeness (QED) is 0.695.